The number of aromatic nitrogens is 2. The van der Waals surface area contributed by atoms with Crippen LogP contribution in [0, 0.1) is 5.92 Å². The van der Waals surface area contributed by atoms with E-state index in [-0.39, 0.29) is 29.3 Å². The molecule has 1 aliphatic rings. The highest BCUT2D eigenvalue weighted by Gasteiger charge is 2.36. The normalized spacial score (nSPS) is 20.5. The molecule has 134 valence electrons. The van der Waals surface area contributed by atoms with Crippen molar-refractivity contribution < 1.29 is 14.3 Å². The average molecular weight is 353 g/mol. The first-order valence-electron chi connectivity index (χ1n) is 8.51. The van der Waals surface area contributed by atoms with Crippen LogP contribution in [0.25, 0.3) is 11.0 Å². The molecule has 2 N–H and O–H groups in total. The molecule has 1 atom stereocenters. The van der Waals surface area contributed by atoms with Gasteiger partial charge in [-0.15, -0.1) is 0 Å². The van der Waals surface area contributed by atoms with Gasteiger partial charge in [0.25, 0.3) is 5.91 Å². The predicted molar refractivity (Wildman–Crippen MR) is 94.6 cm³/mol. The van der Waals surface area contributed by atoms with Crippen LogP contribution in [-0.4, -0.2) is 26.9 Å². The molecule has 0 bridgehead atoms. The minimum Gasteiger partial charge on any atom is -0.451 e. The van der Waals surface area contributed by atoms with Crippen molar-refractivity contribution in [3.05, 3.63) is 64.3 Å². The fraction of sp³-hybridized carbons (Fsp3) is 0.316. The van der Waals surface area contributed by atoms with Crippen molar-refractivity contribution in [2.24, 2.45) is 13.0 Å². The lowest BCUT2D eigenvalue weighted by Gasteiger charge is -2.37. The van der Waals surface area contributed by atoms with Gasteiger partial charge >= 0.3 is 0 Å². The van der Waals surface area contributed by atoms with Gasteiger partial charge in [0.1, 0.15) is 5.58 Å². The van der Waals surface area contributed by atoms with E-state index < -0.39 is 5.91 Å². The molecule has 1 aliphatic carbocycles. The Labute approximate surface area is 149 Å². The summed E-state index contributed by atoms with van der Waals surface area (Å²) in [7, 11) is 1.81. The van der Waals surface area contributed by atoms with E-state index in [0.29, 0.717) is 23.8 Å². The molecule has 0 radical (unpaired) electrons. The van der Waals surface area contributed by atoms with E-state index in [2.05, 4.69) is 10.4 Å². The lowest BCUT2D eigenvalue weighted by Crippen LogP contribution is -2.41. The standard InChI is InChI=1S/C19H19N3O4/c1-22-10-12(9-20-22)18(11-6-13(23)7-11)21-19(25)17-8-15(24)14-4-2-3-5-16(14)26-17/h2-5,8-11,13,18,23H,6-7H2,1H3,(H,21,25)/t11?,13?,18-/m1/s1. The van der Waals surface area contributed by atoms with Crippen LogP contribution < -0.4 is 10.7 Å². The number of amides is 1. The van der Waals surface area contributed by atoms with Gasteiger partial charge in [0.05, 0.1) is 23.7 Å². The third kappa shape index (κ3) is 3.01. The molecule has 1 aromatic carbocycles. The number of carbonyl (C=O) groups excluding carboxylic acids is 1. The van der Waals surface area contributed by atoms with Gasteiger partial charge in [0.15, 0.2) is 11.2 Å². The Morgan fingerprint density at radius 1 is 1.38 bits per heavy atom. The second kappa shape index (κ2) is 6.42. The first-order chi connectivity index (χ1) is 12.5. The molecule has 1 fully saturated rings. The van der Waals surface area contributed by atoms with Gasteiger partial charge in [-0.1, -0.05) is 12.1 Å². The number of aliphatic hydroxyl groups is 1. The number of carbonyl (C=O) groups is 1. The summed E-state index contributed by atoms with van der Waals surface area (Å²) in [5.74, 6) is -0.365. The number of nitrogens with zero attached hydrogens (tertiary/aromatic N) is 2. The Hall–Kier alpha value is -2.93. The number of hydrogen-bond acceptors (Lipinski definition) is 5. The highest BCUT2D eigenvalue weighted by molar-refractivity contribution is 5.93. The fourth-order valence-corrected chi connectivity index (χ4v) is 3.40. The SMILES string of the molecule is Cn1cc([C@H](NC(=O)c2cc(=O)c3ccccc3o2)C2CC(O)C2)cn1. The summed E-state index contributed by atoms with van der Waals surface area (Å²) in [4.78, 5) is 24.9. The molecule has 4 rings (SSSR count). The molecule has 0 saturated heterocycles. The van der Waals surface area contributed by atoms with Gasteiger partial charge in [0, 0.05) is 24.9 Å². The van der Waals surface area contributed by atoms with Gasteiger partial charge < -0.3 is 14.8 Å². The van der Waals surface area contributed by atoms with Crippen LogP contribution in [-0.2, 0) is 7.05 Å². The minimum absolute atomic E-state index is 0.0255. The van der Waals surface area contributed by atoms with Crippen LogP contribution in [0.3, 0.4) is 0 Å². The average Bonchev–Trinajstić information content (AvgIpc) is 3.03. The molecule has 1 saturated carbocycles. The van der Waals surface area contributed by atoms with Crippen molar-refractivity contribution in [2.75, 3.05) is 0 Å². The smallest absolute Gasteiger partial charge is 0.287 e. The molecule has 7 heteroatoms. The molecule has 0 spiro atoms. The summed E-state index contributed by atoms with van der Waals surface area (Å²) >= 11 is 0. The monoisotopic (exact) mass is 353 g/mol. The number of hydrogen-bond donors (Lipinski definition) is 2. The molecule has 0 aliphatic heterocycles. The van der Waals surface area contributed by atoms with Crippen LogP contribution in [0.1, 0.15) is 35.0 Å². The third-order valence-corrected chi connectivity index (χ3v) is 4.85. The zero-order valence-corrected chi connectivity index (χ0v) is 14.3. The maximum Gasteiger partial charge on any atom is 0.287 e. The first kappa shape index (κ1) is 16.5. The van der Waals surface area contributed by atoms with Crippen molar-refractivity contribution in [3.63, 3.8) is 0 Å². The molecule has 0 unspecified atom stereocenters. The Morgan fingerprint density at radius 3 is 2.85 bits per heavy atom. The molecule has 2 heterocycles. The Balaban J connectivity index is 1.63. The van der Waals surface area contributed by atoms with Crippen LogP contribution in [0.4, 0.5) is 0 Å². The maximum absolute atomic E-state index is 12.7. The third-order valence-electron chi connectivity index (χ3n) is 4.85. The number of aryl methyl sites for hydroxylation is 1. The highest BCUT2D eigenvalue weighted by atomic mass is 16.3. The summed E-state index contributed by atoms with van der Waals surface area (Å²) in [5.41, 5.74) is 0.983. The summed E-state index contributed by atoms with van der Waals surface area (Å²) in [6.07, 6.45) is 4.43. The van der Waals surface area contributed by atoms with Crippen LogP contribution >= 0.6 is 0 Å². The topological polar surface area (TPSA) is 97.4 Å². The first-order valence-corrected chi connectivity index (χ1v) is 8.51. The molecular weight excluding hydrogens is 334 g/mol. The zero-order valence-electron chi connectivity index (χ0n) is 14.3. The second-order valence-electron chi connectivity index (χ2n) is 6.75. The van der Waals surface area contributed by atoms with E-state index in [0.717, 1.165) is 5.56 Å². The maximum atomic E-state index is 12.7. The van der Waals surface area contributed by atoms with Gasteiger partial charge in [0.2, 0.25) is 0 Å². The summed E-state index contributed by atoms with van der Waals surface area (Å²) in [6, 6.07) is 7.75. The molecule has 2 aromatic heterocycles. The number of para-hydroxylation sites is 1. The van der Waals surface area contributed by atoms with Gasteiger partial charge in [-0.05, 0) is 30.9 Å². The van der Waals surface area contributed by atoms with E-state index in [1.165, 1.54) is 6.07 Å². The number of rotatable bonds is 4. The fourth-order valence-electron chi connectivity index (χ4n) is 3.40. The van der Waals surface area contributed by atoms with E-state index in [9.17, 15) is 14.7 Å². The summed E-state index contributed by atoms with van der Waals surface area (Å²) in [5, 5.41) is 17.2. The molecule has 3 aromatic rings. The van der Waals surface area contributed by atoms with Crippen LogP contribution in [0.5, 0.6) is 0 Å². The lowest BCUT2D eigenvalue weighted by atomic mass is 9.75. The largest absolute Gasteiger partial charge is 0.451 e. The lowest BCUT2D eigenvalue weighted by molar-refractivity contribution is 0.0232. The van der Waals surface area contributed by atoms with E-state index in [1.807, 2.05) is 6.20 Å². The number of nitrogens with one attached hydrogen (secondary N) is 1. The molecule has 26 heavy (non-hydrogen) atoms. The van der Waals surface area contributed by atoms with Crippen molar-refractivity contribution in [3.8, 4) is 0 Å². The highest BCUT2D eigenvalue weighted by Crippen LogP contribution is 2.38. The molecule has 1 amide bonds. The van der Waals surface area contributed by atoms with Crippen molar-refractivity contribution in [1.82, 2.24) is 15.1 Å². The minimum atomic E-state index is -0.455. The van der Waals surface area contributed by atoms with Crippen molar-refractivity contribution in [2.45, 2.75) is 25.0 Å². The Bertz CT molecular complexity index is 1020. The molecule has 7 nitrogen and oxygen atoms in total. The summed E-state index contributed by atoms with van der Waals surface area (Å²) in [6.45, 7) is 0. The number of aliphatic hydroxyl groups excluding tert-OH is 1. The van der Waals surface area contributed by atoms with Crippen molar-refractivity contribution >= 4 is 16.9 Å². The van der Waals surface area contributed by atoms with Gasteiger partial charge in [-0.25, -0.2) is 0 Å². The Morgan fingerprint density at radius 2 is 2.15 bits per heavy atom. The van der Waals surface area contributed by atoms with Crippen molar-refractivity contribution in [1.29, 1.82) is 0 Å². The van der Waals surface area contributed by atoms with E-state index in [4.69, 9.17) is 4.42 Å². The number of fused-ring (bicyclic) bond motifs is 1. The quantitative estimate of drug-likeness (QED) is 0.745. The van der Waals surface area contributed by atoms with E-state index >= 15 is 0 Å². The predicted octanol–water partition coefficient (Wildman–Crippen LogP) is 1.77. The van der Waals surface area contributed by atoms with Crippen LogP contribution in [0.2, 0.25) is 0 Å². The zero-order chi connectivity index (χ0) is 18.3. The number of benzene rings is 1. The van der Waals surface area contributed by atoms with Gasteiger partial charge in [-0.3, -0.25) is 14.3 Å². The van der Waals surface area contributed by atoms with E-state index in [1.54, 1.807) is 42.2 Å². The molecular formula is C19H19N3O4. The second-order valence-corrected chi connectivity index (χ2v) is 6.75. The Kier molecular flexibility index (Phi) is 4.08. The summed E-state index contributed by atoms with van der Waals surface area (Å²) < 4.78 is 7.28. The van der Waals surface area contributed by atoms with Gasteiger partial charge in [-0.2, -0.15) is 5.10 Å². The van der Waals surface area contributed by atoms with Crippen LogP contribution in [0.15, 0.2) is 51.9 Å².